The number of para-hydroxylation sites is 1. The summed E-state index contributed by atoms with van der Waals surface area (Å²) in [6, 6.07) is 16.4. The molecule has 172 valence electrons. The molecule has 0 N–H and O–H groups in total. The molecule has 1 atom stereocenters. The highest BCUT2D eigenvalue weighted by Crippen LogP contribution is 2.50. The van der Waals surface area contributed by atoms with E-state index in [4.69, 9.17) is 25.8 Å². The van der Waals surface area contributed by atoms with Crippen molar-refractivity contribution in [2.24, 2.45) is 0 Å². The minimum absolute atomic E-state index is 0.0959. The average molecular weight is 491 g/mol. The maximum Gasteiger partial charge on any atom is 0.231 e. The van der Waals surface area contributed by atoms with Gasteiger partial charge in [0.25, 0.3) is 0 Å². The molecule has 3 aromatic carbocycles. The summed E-state index contributed by atoms with van der Waals surface area (Å²) in [4.78, 5) is 6.92. The van der Waals surface area contributed by atoms with Crippen LogP contribution in [0.25, 0.3) is 0 Å². The molecule has 0 radical (unpaired) electrons. The Labute approximate surface area is 208 Å². The zero-order chi connectivity index (χ0) is 23.2. The van der Waals surface area contributed by atoms with Crippen LogP contribution in [0.3, 0.4) is 0 Å². The fourth-order valence-electron chi connectivity index (χ4n) is 4.81. The van der Waals surface area contributed by atoms with Crippen molar-refractivity contribution in [3.8, 4) is 29.1 Å². The van der Waals surface area contributed by atoms with Gasteiger partial charge in [0.2, 0.25) is 12.5 Å². The molecule has 3 aliphatic rings. The van der Waals surface area contributed by atoms with Crippen LogP contribution in [0.2, 0.25) is 5.02 Å². The van der Waals surface area contributed by atoms with Crippen molar-refractivity contribution in [1.82, 2.24) is 4.90 Å². The molecule has 3 aromatic rings. The molecule has 0 bridgehead atoms. The van der Waals surface area contributed by atoms with E-state index in [0.717, 1.165) is 46.4 Å². The van der Waals surface area contributed by atoms with Crippen LogP contribution in [0, 0.1) is 11.8 Å². The lowest BCUT2D eigenvalue weighted by molar-refractivity contribution is 0.171. The monoisotopic (exact) mass is 490 g/mol. The second-order valence-corrected chi connectivity index (χ2v) is 9.96. The Morgan fingerprint density at radius 3 is 2.85 bits per heavy atom. The van der Waals surface area contributed by atoms with E-state index in [-0.39, 0.29) is 12.8 Å². The van der Waals surface area contributed by atoms with E-state index in [0.29, 0.717) is 12.3 Å². The molecule has 7 heteroatoms. The van der Waals surface area contributed by atoms with Gasteiger partial charge in [-0.1, -0.05) is 47.3 Å². The first kappa shape index (κ1) is 21.5. The number of halogens is 1. The van der Waals surface area contributed by atoms with Gasteiger partial charge in [0.15, 0.2) is 11.5 Å². The van der Waals surface area contributed by atoms with Gasteiger partial charge in [-0.15, -0.1) is 0 Å². The van der Waals surface area contributed by atoms with E-state index in [9.17, 15) is 0 Å². The van der Waals surface area contributed by atoms with E-state index in [2.05, 4.69) is 65.1 Å². The van der Waals surface area contributed by atoms with Crippen LogP contribution in [0.5, 0.6) is 17.2 Å². The smallest absolute Gasteiger partial charge is 0.231 e. The lowest BCUT2D eigenvalue weighted by atomic mass is 9.91. The van der Waals surface area contributed by atoms with Crippen LogP contribution in [0.15, 0.2) is 58.3 Å². The first-order valence-electron chi connectivity index (χ1n) is 11.2. The van der Waals surface area contributed by atoms with E-state index in [1.165, 1.54) is 15.4 Å². The van der Waals surface area contributed by atoms with E-state index in [1.807, 2.05) is 12.1 Å². The zero-order valence-corrected chi connectivity index (χ0v) is 20.5. The van der Waals surface area contributed by atoms with Crippen molar-refractivity contribution >= 4 is 34.7 Å². The van der Waals surface area contributed by atoms with Gasteiger partial charge in [-0.2, -0.15) is 0 Å². The summed E-state index contributed by atoms with van der Waals surface area (Å²) < 4.78 is 17.2. The fraction of sp³-hybridized carbons (Fsp3) is 0.259. The van der Waals surface area contributed by atoms with Gasteiger partial charge in [-0.25, -0.2) is 0 Å². The molecule has 5 nitrogen and oxygen atoms in total. The Kier molecular flexibility index (Phi) is 5.49. The largest absolute Gasteiger partial charge is 0.492 e. The summed E-state index contributed by atoms with van der Waals surface area (Å²) in [5.74, 6) is 9.16. The Morgan fingerprint density at radius 1 is 1.12 bits per heavy atom. The highest BCUT2D eigenvalue weighted by atomic mass is 35.5. The van der Waals surface area contributed by atoms with Gasteiger partial charge in [-0.3, -0.25) is 4.90 Å². The molecule has 0 saturated heterocycles. The van der Waals surface area contributed by atoms with Crippen molar-refractivity contribution in [1.29, 1.82) is 0 Å². The lowest BCUT2D eigenvalue weighted by Crippen LogP contribution is -2.32. The summed E-state index contributed by atoms with van der Waals surface area (Å²) in [6.45, 7) is 1.68. The second kappa shape index (κ2) is 8.66. The van der Waals surface area contributed by atoms with E-state index >= 15 is 0 Å². The molecule has 0 aliphatic carbocycles. The number of ether oxygens (including phenoxy) is 3. The maximum atomic E-state index is 6.37. The van der Waals surface area contributed by atoms with Crippen molar-refractivity contribution < 1.29 is 14.2 Å². The quantitative estimate of drug-likeness (QED) is 0.415. The number of rotatable bonds is 2. The average Bonchev–Trinajstić information content (AvgIpc) is 3.32. The Hall–Kier alpha value is -2.98. The molecule has 3 aliphatic heterocycles. The predicted octanol–water partition coefficient (Wildman–Crippen LogP) is 5.91. The molecule has 0 spiro atoms. The topological polar surface area (TPSA) is 34.2 Å². The molecule has 34 heavy (non-hydrogen) atoms. The van der Waals surface area contributed by atoms with Crippen LogP contribution in [0.4, 0.5) is 11.4 Å². The molecule has 0 aromatic heterocycles. The number of anilines is 2. The summed E-state index contributed by atoms with van der Waals surface area (Å²) in [5.41, 5.74) is 4.51. The molecule has 6 rings (SSSR count). The van der Waals surface area contributed by atoms with Crippen molar-refractivity contribution in [3.63, 3.8) is 0 Å². The first-order valence-corrected chi connectivity index (χ1v) is 12.4. The first-order chi connectivity index (χ1) is 16.6. The molecule has 3 heterocycles. The third kappa shape index (κ3) is 3.56. The second-order valence-electron chi connectivity index (χ2n) is 8.44. The number of hydrogen-bond acceptors (Lipinski definition) is 6. The van der Waals surface area contributed by atoms with Crippen molar-refractivity contribution in [2.75, 3.05) is 38.9 Å². The third-order valence-corrected chi connectivity index (χ3v) is 7.82. The number of likely N-dealkylation sites (N-methyl/N-ethyl adjacent to an activating group) is 1. The van der Waals surface area contributed by atoms with Crippen molar-refractivity contribution in [2.45, 2.75) is 22.3 Å². The van der Waals surface area contributed by atoms with Crippen LogP contribution in [-0.2, 0) is 6.42 Å². The van der Waals surface area contributed by atoms with Crippen LogP contribution in [-0.4, -0.2) is 38.9 Å². The summed E-state index contributed by atoms with van der Waals surface area (Å²) in [7, 11) is 3.79. The summed E-state index contributed by atoms with van der Waals surface area (Å²) >= 11 is 8.13. The number of benzene rings is 3. The Balaban J connectivity index is 1.38. The molecule has 0 saturated carbocycles. The Morgan fingerprint density at radius 2 is 1.97 bits per heavy atom. The molecular formula is C27H23ClN2O3S. The normalized spacial score (nSPS) is 17.9. The molecular weight excluding hydrogens is 468 g/mol. The third-order valence-electron chi connectivity index (χ3n) is 6.46. The number of methoxy groups -OCH3 is 1. The number of hydrogen-bond donors (Lipinski definition) is 0. The molecule has 0 fully saturated rings. The van der Waals surface area contributed by atoms with Gasteiger partial charge in [-0.05, 0) is 55.4 Å². The number of nitrogens with zero attached hydrogens (tertiary/aromatic N) is 2. The zero-order valence-electron chi connectivity index (χ0n) is 18.9. The summed E-state index contributed by atoms with van der Waals surface area (Å²) in [5, 5.41) is 0.721. The van der Waals surface area contributed by atoms with Gasteiger partial charge in [0, 0.05) is 26.9 Å². The fourth-order valence-corrected chi connectivity index (χ4v) is 6.05. The highest BCUT2D eigenvalue weighted by Gasteiger charge is 2.33. The van der Waals surface area contributed by atoms with Crippen LogP contribution in [0.1, 0.15) is 17.2 Å². The van der Waals surface area contributed by atoms with E-state index < -0.39 is 0 Å². The van der Waals surface area contributed by atoms with Gasteiger partial charge in [0.1, 0.15) is 6.04 Å². The molecule has 0 unspecified atom stereocenters. The van der Waals surface area contributed by atoms with Crippen LogP contribution < -0.4 is 19.1 Å². The van der Waals surface area contributed by atoms with Gasteiger partial charge >= 0.3 is 0 Å². The van der Waals surface area contributed by atoms with E-state index in [1.54, 1.807) is 18.9 Å². The SMILES string of the molecule is COc1c2c(cc3c1[C@@H](C#CCN1c4ccccc4Sc4ccc(Cl)cc41)N(C)CC3)OCO2. The lowest BCUT2D eigenvalue weighted by Gasteiger charge is -2.33. The molecule has 0 amide bonds. The minimum Gasteiger partial charge on any atom is -0.492 e. The number of fused-ring (bicyclic) bond motifs is 4. The summed E-state index contributed by atoms with van der Waals surface area (Å²) in [6.07, 6.45) is 0.916. The van der Waals surface area contributed by atoms with Gasteiger partial charge < -0.3 is 19.1 Å². The standard InChI is InChI=1S/C27H23ClN2O3S/c1-29-13-11-17-14-22-26(33-16-32-22)27(31-2)25(17)20(29)7-5-12-30-19-6-3-4-8-23(19)34-24-10-9-18(28)15-21(24)30/h3-4,6,8-10,14-15,20H,11-13,16H2,1-2H3/t20-/m1/s1. The van der Waals surface area contributed by atoms with Crippen LogP contribution >= 0.6 is 23.4 Å². The highest BCUT2D eigenvalue weighted by molar-refractivity contribution is 7.99. The minimum atomic E-state index is -0.0959. The maximum absolute atomic E-state index is 6.37. The Bertz CT molecular complexity index is 1350. The van der Waals surface area contributed by atoms with Gasteiger partial charge in [0.05, 0.1) is 25.0 Å². The predicted molar refractivity (Wildman–Crippen MR) is 135 cm³/mol. The van der Waals surface area contributed by atoms with Crippen molar-refractivity contribution in [3.05, 3.63) is 64.7 Å².